The molecule has 2 amide bonds. The minimum Gasteiger partial charge on any atom is -0.444 e. The van der Waals surface area contributed by atoms with Crippen LogP contribution in [-0.2, 0) is 9.53 Å². The number of hydrogen-bond donors (Lipinski definition) is 2. The van der Waals surface area contributed by atoms with Gasteiger partial charge in [-0.2, -0.15) is 5.10 Å². The van der Waals surface area contributed by atoms with Crippen molar-refractivity contribution in [3.63, 3.8) is 0 Å². The smallest absolute Gasteiger partial charge is 0.408 e. The first-order chi connectivity index (χ1) is 18.7. The van der Waals surface area contributed by atoms with Gasteiger partial charge in [-0.3, -0.25) is 4.79 Å². The molecule has 0 spiro atoms. The fourth-order valence-electron chi connectivity index (χ4n) is 7.01. The maximum atomic E-state index is 13.9. The maximum absolute atomic E-state index is 13.9. The molecule has 2 aromatic rings. The predicted molar refractivity (Wildman–Crippen MR) is 140 cm³/mol. The van der Waals surface area contributed by atoms with Crippen molar-refractivity contribution in [2.75, 3.05) is 0 Å². The number of fused-ring (bicyclic) bond motifs is 1. The van der Waals surface area contributed by atoms with Crippen molar-refractivity contribution in [3.8, 4) is 0 Å². The van der Waals surface area contributed by atoms with Gasteiger partial charge in [0, 0.05) is 19.3 Å². The predicted octanol–water partition coefficient (Wildman–Crippen LogP) is 5.97. The van der Waals surface area contributed by atoms with E-state index in [-0.39, 0.29) is 49.0 Å². The Balaban J connectivity index is 1.21. The highest BCUT2D eigenvalue weighted by Crippen LogP contribution is 2.71. The van der Waals surface area contributed by atoms with Gasteiger partial charge in [0.05, 0.1) is 30.2 Å². The summed E-state index contributed by atoms with van der Waals surface area (Å²) in [6, 6.07) is 1.08. The van der Waals surface area contributed by atoms with Gasteiger partial charge in [-0.15, -0.1) is 0 Å². The highest BCUT2D eigenvalue weighted by Gasteiger charge is 2.69. The van der Waals surface area contributed by atoms with E-state index in [1.165, 1.54) is 0 Å². The molecule has 0 radical (unpaired) electrons. The summed E-state index contributed by atoms with van der Waals surface area (Å²) < 4.78 is 48.8. The zero-order valence-corrected chi connectivity index (χ0v) is 23.3. The maximum Gasteiger partial charge on any atom is 0.408 e. The summed E-state index contributed by atoms with van der Waals surface area (Å²) in [6.07, 6.45) is 6.66. The van der Waals surface area contributed by atoms with Crippen molar-refractivity contribution in [3.05, 3.63) is 29.7 Å². The molecule has 40 heavy (non-hydrogen) atoms. The second-order valence-corrected chi connectivity index (χ2v) is 13.8. The SMILES string of the molecule is CC(C)(C)OC(=O)N[C@H](c1cn2ncc([C@H](NC(=O)C[C@]34C[C@@](F)(C3)C4)C3CC3)cc2n1)C1CCC(F)(F)CC1. The molecule has 218 valence electrons. The number of carbonyl (C=O) groups is 2. The molecule has 0 saturated heterocycles. The van der Waals surface area contributed by atoms with E-state index >= 15 is 0 Å². The molecule has 5 saturated carbocycles. The quantitative estimate of drug-likeness (QED) is 0.414. The molecule has 0 unspecified atom stereocenters. The fraction of sp³-hybridized carbons (Fsp3) is 0.724. The second-order valence-electron chi connectivity index (χ2n) is 13.8. The van der Waals surface area contributed by atoms with Crippen molar-refractivity contribution in [2.24, 2.45) is 17.3 Å². The lowest BCUT2D eigenvalue weighted by Gasteiger charge is -2.65. The van der Waals surface area contributed by atoms with Crippen LogP contribution in [0.25, 0.3) is 5.65 Å². The molecule has 5 aliphatic rings. The van der Waals surface area contributed by atoms with Crippen molar-refractivity contribution in [1.82, 2.24) is 25.2 Å². The third-order valence-corrected chi connectivity index (χ3v) is 8.96. The first kappa shape index (κ1) is 27.3. The standard InChI is InChI=1S/C29H38F3N5O3/c1-26(2,3)40-25(39)36-24(18-6-8-29(31,32)9-7-18)20-13-37-21(34-20)10-19(12-33-37)23(17-4-5-17)35-22(38)11-27-14-28(30,15-27)16-27/h10,12-13,17-18,23-24H,4-9,11,14-16H2,1-3H3,(H,35,38)(H,36,39)/t23-,24+,27-,28+/m1/s1. The van der Waals surface area contributed by atoms with Crippen LogP contribution in [0.4, 0.5) is 18.0 Å². The molecule has 8 nitrogen and oxygen atoms in total. The number of alkyl halides is 3. The lowest BCUT2D eigenvalue weighted by atomic mass is 9.41. The van der Waals surface area contributed by atoms with E-state index in [9.17, 15) is 22.8 Å². The number of rotatable bonds is 8. The summed E-state index contributed by atoms with van der Waals surface area (Å²) in [7, 11) is 0. The highest BCUT2D eigenvalue weighted by atomic mass is 19.3. The summed E-state index contributed by atoms with van der Waals surface area (Å²) in [5, 5.41) is 10.6. The van der Waals surface area contributed by atoms with Gasteiger partial charge in [-0.1, -0.05) is 0 Å². The average Bonchev–Trinajstić information content (AvgIpc) is 3.56. The molecule has 2 heterocycles. The molecule has 2 atom stereocenters. The van der Waals surface area contributed by atoms with Crippen molar-refractivity contribution in [1.29, 1.82) is 0 Å². The Kier molecular flexibility index (Phi) is 6.38. The van der Waals surface area contributed by atoms with Gasteiger partial charge in [0.2, 0.25) is 11.8 Å². The van der Waals surface area contributed by atoms with Crippen molar-refractivity contribution in [2.45, 2.75) is 114 Å². The molecule has 5 aliphatic carbocycles. The molecule has 0 aliphatic heterocycles. The van der Waals surface area contributed by atoms with Crippen LogP contribution in [0, 0.1) is 17.3 Å². The second kappa shape index (κ2) is 9.34. The van der Waals surface area contributed by atoms with Crippen LogP contribution in [0.3, 0.4) is 0 Å². The van der Waals surface area contributed by atoms with E-state index in [1.54, 1.807) is 37.7 Å². The summed E-state index contributed by atoms with van der Waals surface area (Å²) in [4.78, 5) is 30.4. The molecule has 0 aromatic carbocycles. The average molecular weight is 562 g/mol. The molecule has 2 N–H and O–H groups in total. The fourth-order valence-corrected chi connectivity index (χ4v) is 7.01. The third-order valence-electron chi connectivity index (χ3n) is 8.96. The normalized spacial score (nSPS) is 29.1. The van der Waals surface area contributed by atoms with Gasteiger partial charge in [-0.25, -0.2) is 27.5 Å². The summed E-state index contributed by atoms with van der Waals surface area (Å²) in [5.41, 5.74) is 0.0151. The van der Waals surface area contributed by atoms with Crippen LogP contribution in [-0.4, -0.2) is 43.8 Å². The number of hydrogen-bond acceptors (Lipinski definition) is 5. The molecular weight excluding hydrogens is 523 g/mol. The Bertz CT molecular complexity index is 1290. The Morgan fingerprint density at radius 1 is 1.05 bits per heavy atom. The van der Waals surface area contributed by atoms with E-state index in [1.807, 2.05) is 6.07 Å². The van der Waals surface area contributed by atoms with Crippen LogP contribution < -0.4 is 10.6 Å². The zero-order valence-electron chi connectivity index (χ0n) is 23.3. The highest BCUT2D eigenvalue weighted by molar-refractivity contribution is 5.78. The van der Waals surface area contributed by atoms with Gasteiger partial charge in [-0.05, 0) is 94.6 Å². The third kappa shape index (κ3) is 5.65. The molecular formula is C29H38F3N5O3. The van der Waals surface area contributed by atoms with Crippen LogP contribution >= 0.6 is 0 Å². The number of nitrogens with zero attached hydrogens (tertiary/aromatic N) is 3. The number of ether oxygens (including phenoxy) is 1. The minimum absolute atomic E-state index is 0.0571. The number of halogens is 3. The van der Waals surface area contributed by atoms with E-state index in [0.717, 1.165) is 18.4 Å². The zero-order chi connectivity index (χ0) is 28.5. The topological polar surface area (TPSA) is 97.6 Å². The molecule has 5 fully saturated rings. The monoisotopic (exact) mass is 561 g/mol. The van der Waals surface area contributed by atoms with Gasteiger partial charge in [0.15, 0.2) is 5.65 Å². The summed E-state index contributed by atoms with van der Waals surface area (Å²) >= 11 is 0. The minimum atomic E-state index is -2.70. The largest absolute Gasteiger partial charge is 0.444 e. The van der Waals surface area contributed by atoms with Crippen molar-refractivity contribution >= 4 is 17.6 Å². The first-order valence-electron chi connectivity index (χ1n) is 14.4. The Labute approximate surface area is 231 Å². The van der Waals surface area contributed by atoms with Gasteiger partial charge >= 0.3 is 6.09 Å². The van der Waals surface area contributed by atoms with E-state index < -0.39 is 29.3 Å². The summed E-state index contributed by atoms with van der Waals surface area (Å²) in [6.45, 7) is 5.29. The number of aromatic nitrogens is 3. The number of imidazole rings is 1. The Hall–Kier alpha value is -2.85. The number of nitrogens with one attached hydrogen (secondary N) is 2. The van der Waals surface area contributed by atoms with Crippen LogP contribution in [0.15, 0.2) is 18.5 Å². The Morgan fingerprint density at radius 2 is 1.70 bits per heavy atom. The molecule has 2 aromatic heterocycles. The van der Waals surface area contributed by atoms with Crippen molar-refractivity contribution < 1.29 is 27.5 Å². The number of alkyl carbamates (subject to hydrolysis) is 1. The molecule has 2 bridgehead atoms. The van der Waals surface area contributed by atoms with E-state index in [4.69, 9.17) is 9.72 Å². The lowest BCUT2D eigenvalue weighted by Crippen LogP contribution is -2.65. The lowest BCUT2D eigenvalue weighted by molar-refractivity contribution is -0.215. The van der Waals surface area contributed by atoms with Crippen LogP contribution in [0.2, 0.25) is 0 Å². The Morgan fingerprint density at radius 3 is 2.30 bits per heavy atom. The van der Waals surface area contributed by atoms with Crippen LogP contribution in [0.5, 0.6) is 0 Å². The van der Waals surface area contributed by atoms with Crippen LogP contribution in [0.1, 0.15) is 108 Å². The van der Waals surface area contributed by atoms with Gasteiger partial charge in [0.25, 0.3) is 0 Å². The summed E-state index contributed by atoms with van der Waals surface area (Å²) in [5.74, 6) is -2.67. The number of carbonyl (C=O) groups excluding carboxylic acids is 2. The first-order valence-corrected chi connectivity index (χ1v) is 14.4. The van der Waals surface area contributed by atoms with Gasteiger partial charge < -0.3 is 15.4 Å². The van der Waals surface area contributed by atoms with E-state index in [2.05, 4.69) is 15.7 Å². The molecule has 7 rings (SSSR count). The van der Waals surface area contributed by atoms with E-state index in [0.29, 0.717) is 42.9 Å². The molecule has 11 heteroatoms. The number of amides is 2. The van der Waals surface area contributed by atoms with Gasteiger partial charge in [0.1, 0.15) is 11.3 Å².